The van der Waals surface area contributed by atoms with Crippen LogP contribution in [-0.4, -0.2) is 57.3 Å². The van der Waals surface area contributed by atoms with E-state index in [1.807, 2.05) is 67.7 Å². The summed E-state index contributed by atoms with van der Waals surface area (Å²) < 4.78 is 2.06. The first-order valence-corrected chi connectivity index (χ1v) is 12.0. The highest BCUT2D eigenvalue weighted by molar-refractivity contribution is 5.82. The van der Waals surface area contributed by atoms with E-state index < -0.39 is 0 Å². The van der Waals surface area contributed by atoms with E-state index in [1.54, 1.807) is 0 Å². The van der Waals surface area contributed by atoms with Gasteiger partial charge in [-0.25, -0.2) is 4.98 Å². The molecule has 0 unspecified atom stereocenters. The van der Waals surface area contributed by atoms with Gasteiger partial charge < -0.3 is 9.72 Å². The van der Waals surface area contributed by atoms with Gasteiger partial charge in [-0.15, -0.1) is 0 Å². The molecule has 1 amide bonds. The minimum absolute atomic E-state index is 0.0616. The van der Waals surface area contributed by atoms with Crippen LogP contribution in [0.2, 0.25) is 0 Å². The third-order valence-electron chi connectivity index (χ3n) is 6.69. The number of benzene rings is 2. The van der Waals surface area contributed by atoms with E-state index in [9.17, 15) is 4.79 Å². The summed E-state index contributed by atoms with van der Waals surface area (Å²) in [5, 5.41) is 3.31. The van der Waals surface area contributed by atoms with Gasteiger partial charge in [-0.2, -0.15) is 0 Å². The summed E-state index contributed by atoms with van der Waals surface area (Å²) >= 11 is 0. The lowest BCUT2D eigenvalue weighted by Gasteiger charge is -2.37. The maximum absolute atomic E-state index is 13.3. The van der Waals surface area contributed by atoms with E-state index in [1.165, 1.54) is 0 Å². The van der Waals surface area contributed by atoms with Crippen LogP contribution in [0.1, 0.15) is 29.8 Å². The molecular weight excluding hydrogens is 422 g/mol. The second-order valence-electron chi connectivity index (χ2n) is 8.95. The fraction of sp³-hybridized carbons (Fsp3) is 0.286. The first-order chi connectivity index (χ1) is 16.7. The fourth-order valence-corrected chi connectivity index (χ4v) is 4.68. The van der Waals surface area contributed by atoms with Crippen molar-refractivity contribution < 1.29 is 4.79 Å². The average molecular weight is 454 g/mol. The Bertz CT molecular complexity index is 1140. The Hall–Kier alpha value is -3.48. The minimum atomic E-state index is -0.188. The maximum atomic E-state index is 13.3. The molecule has 1 saturated heterocycles. The molecule has 1 aliphatic heterocycles. The van der Waals surface area contributed by atoms with Crippen LogP contribution in [-0.2, 0) is 11.3 Å². The number of piperazine rings is 1. The Morgan fingerprint density at radius 2 is 1.50 bits per heavy atom. The molecule has 1 atom stereocenters. The number of aromatic nitrogens is 2. The Labute approximate surface area is 200 Å². The molecule has 6 heteroatoms. The van der Waals surface area contributed by atoms with Gasteiger partial charge in [-0.3, -0.25) is 14.6 Å². The highest BCUT2D eigenvalue weighted by atomic mass is 16.2. The molecule has 174 valence electrons. The van der Waals surface area contributed by atoms with Crippen LogP contribution in [0.3, 0.4) is 0 Å². The fourth-order valence-electron chi connectivity index (χ4n) is 4.68. The van der Waals surface area contributed by atoms with Gasteiger partial charge in [-0.1, -0.05) is 66.7 Å². The minimum Gasteiger partial charge on any atom is -0.344 e. The number of pyridine rings is 1. The van der Waals surface area contributed by atoms with Crippen molar-refractivity contribution in [3.05, 3.63) is 108 Å². The van der Waals surface area contributed by atoms with E-state index in [0.29, 0.717) is 0 Å². The topological polar surface area (TPSA) is 52.9 Å². The van der Waals surface area contributed by atoms with E-state index in [0.717, 1.165) is 55.2 Å². The number of amides is 1. The Balaban J connectivity index is 1.19. The van der Waals surface area contributed by atoms with Crippen molar-refractivity contribution in [1.82, 2.24) is 24.5 Å². The van der Waals surface area contributed by atoms with Crippen LogP contribution in [0, 0.1) is 0 Å². The zero-order valence-electron chi connectivity index (χ0n) is 19.5. The van der Waals surface area contributed by atoms with Crippen LogP contribution in [0.25, 0.3) is 5.65 Å². The van der Waals surface area contributed by atoms with Crippen LogP contribution in [0.5, 0.6) is 0 Å². The summed E-state index contributed by atoms with van der Waals surface area (Å²) in [6.07, 6.45) is 4.13. The summed E-state index contributed by atoms with van der Waals surface area (Å²) in [7, 11) is 0. The lowest BCUT2D eigenvalue weighted by Crippen LogP contribution is -2.54. The molecule has 0 radical (unpaired) electrons. The van der Waals surface area contributed by atoms with Gasteiger partial charge in [0.05, 0.1) is 17.8 Å². The van der Waals surface area contributed by atoms with Gasteiger partial charge >= 0.3 is 0 Å². The SMILES string of the molecule is C[C@@H](C(=O)NC(c1ccccc1)c1ccccc1)N1CCN(Cc2cn3ccccc3n2)CC1. The lowest BCUT2D eigenvalue weighted by molar-refractivity contribution is -0.127. The van der Waals surface area contributed by atoms with Crippen LogP contribution >= 0.6 is 0 Å². The van der Waals surface area contributed by atoms with E-state index in [4.69, 9.17) is 4.98 Å². The van der Waals surface area contributed by atoms with E-state index in [-0.39, 0.29) is 18.0 Å². The predicted molar refractivity (Wildman–Crippen MR) is 134 cm³/mol. The second-order valence-corrected chi connectivity index (χ2v) is 8.95. The molecule has 0 saturated carbocycles. The van der Waals surface area contributed by atoms with Gasteiger partial charge in [0, 0.05) is 45.1 Å². The molecule has 6 nitrogen and oxygen atoms in total. The zero-order valence-corrected chi connectivity index (χ0v) is 19.5. The quantitative estimate of drug-likeness (QED) is 0.463. The van der Waals surface area contributed by atoms with E-state index in [2.05, 4.69) is 50.0 Å². The van der Waals surface area contributed by atoms with Gasteiger partial charge in [0.1, 0.15) is 5.65 Å². The van der Waals surface area contributed by atoms with Crippen molar-refractivity contribution in [2.75, 3.05) is 26.2 Å². The molecule has 2 aromatic carbocycles. The summed E-state index contributed by atoms with van der Waals surface area (Å²) in [5.74, 6) is 0.0616. The molecule has 4 aromatic rings. The number of carbonyl (C=O) groups excluding carboxylic acids is 1. The Kier molecular flexibility index (Phi) is 6.70. The maximum Gasteiger partial charge on any atom is 0.237 e. The normalized spacial score (nSPS) is 16.1. The number of imidazole rings is 1. The second kappa shape index (κ2) is 10.2. The smallest absolute Gasteiger partial charge is 0.237 e. The van der Waals surface area contributed by atoms with Crippen LogP contribution in [0.4, 0.5) is 0 Å². The van der Waals surface area contributed by atoms with Crippen molar-refractivity contribution in [3.8, 4) is 0 Å². The molecule has 0 bridgehead atoms. The molecule has 0 aliphatic carbocycles. The molecule has 1 fully saturated rings. The number of rotatable bonds is 7. The first-order valence-electron chi connectivity index (χ1n) is 12.0. The molecule has 1 aliphatic rings. The Morgan fingerprint density at radius 1 is 0.882 bits per heavy atom. The predicted octanol–water partition coefficient (Wildman–Crippen LogP) is 3.75. The summed E-state index contributed by atoms with van der Waals surface area (Å²) in [6.45, 7) is 6.42. The number of carbonyl (C=O) groups is 1. The molecule has 34 heavy (non-hydrogen) atoms. The molecule has 5 rings (SSSR count). The van der Waals surface area contributed by atoms with Crippen molar-refractivity contribution in [1.29, 1.82) is 0 Å². The highest BCUT2D eigenvalue weighted by Crippen LogP contribution is 2.22. The number of nitrogens with one attached hydrogen (secondary N) is 1. The van der Waals surface area contributed by atoms with Gasteiger partial charge in [0.25, 0.3) is 0 Å². The van der Waals surface area contributed by atoms with Crippen LogP contribution in [0.15, 0.2) is 91.3 Å². The first kappa shape index (κ1) is 22.3. The molecule has 2 aromatic heterocycles. The summed E-state index contributed by atoms with van der Waals surface area (Å²) in [6, 6.07) is 26.1. The van der Waals surface area contributed by atoms with Crippen LogP contribution < -0.4 is 5.32 Å². The zero-order chi connectivity index (χ0) is 23.3. The summed E-state index contributed by atoms with van der Waals surface area (Å²) in [5.41, 5.74) is 4.24. The monoisotopic (exact) mass is 453 g/mol. The Morgan fingerprint density at radius 3 is 2.12 bits per heavy atom. The largest absolute Gasteiger partial charge is 0.344 e. The van der Waals surface area contributed by atoms with Gasteiger partial charge in [0.2, 0.25) is 5.91 Å². The van der Waals surface area contributed by atoms with Crippen molar-refractivity contribution >= 4 is 11.6 Å². The third kappa shape index (κ3) is 5.03. The molecule has 1 N–H and O–H groups in total. The molecule has 3 heterocycles. The third-order valence-corrected chi connectivity index (χ3v) is 6.69. The van der Waals surface area contributed by atoms with Gasteiger partial charge in [-0.05, 0) is 30.2 Å². The molecular formula is C28H31N5O. The van der Waals surface area contributed by atoms with Crippen molar-refractivity contribution in [2.45, 2.75) is 25.6 Å². The van der Waals surface area contributed by atoms with E-state index >= 15 is 0 Å². The number of nitrogens with zero attached hydrogens (tertiary/aromatic N) is 4. The lowest BCUT2D eigenvalue weighted by atomic mass is 9.98. The number of hydrogen-bond donors (Lipinski definition) is 1. The van der Waals surface area contributed by atoms with Gasteiger partial charge in [0.15, 0.2) is 0 Å². The summed E-state index contributed by atoms with van der Waals surface area (Å²) in [4.78, 5) is 22.7. The van der Waals surface area contributed by atoms with Crippen molar-refractivity contribution in [3.63, 3.8) is 0 Å². The standard InChI is InChI=1S/C28H31N5O/c1-22(28(34)30-27(23-10-4-2-5-11-23)24-12-6-3-7-13-24)32-18-16-31(17-19-32)20-25-21-33-15-9-8-14-26(33)29-25/h2-15,21-22,27H,16-20H2,1H3,(H,30,34)/t22-/m0/s1. The number of hydrogen-bond acceptors (Lipinski definition) is 4. The number of fused-ring (bicyclic) bond motifs is 1. The molecule has 0 spiro atoms. The average Bonchev–Trinajstić information content (AvgIpc) is 3.30. The highest BCUT2D eigenvalue weighted by Gasteiger charge is 2.28. The van der Waals surface area contributed by atoms with Crippen molar-refractivity contribution in [2.24, 2.45) is 0 Å².